The summed E-state index contributed by atoms with van der Waals surface area (Å²) in [5, 5.41) is 12.2. The SMILES string of the molecule is C1CCOCC1.CC(CN1CCC1)c1c[nH]c(N)c1/C=C(\N)c1ccccc1O.CNC=O. The van der Waals surface area contributed by atoms with Crippen molar-refractivity contribution in [3.63, 3.8) is 0 Å². The highest BCUT2D eigenvalue weighted by molar-refractivity contribution is 5.85. The number of nitrogens with one attached hydrogen (secondary N) is 2. The number of rotatable bonds is 6. The van der Waals surface area contributed by atoms with Gasteiger partial charge in [-0.2, -0.15) is 0 Å². The maximum Gasteiger partial charge on any atom is 0.206 e. The smallest absolute Gasteiger partial charge is 0.206 e. The number of likely N-dealkylation sites (tertiary alicyclic amines) is 1. The number of hydrogen-bond donors (Lipinski definition) is 5. The third-order valence-corrected chi connectivity index (χ3v) is 5.71. The van der Waals surface area contributed by atoms with Crippen LogP contribution in [-0.4, -0.2) is 61.3 Å². The normalized spacial score (nSPS) is 16.8. The van der Waals surface area contributed by atoms with Crippen LogP contribution in [0.5, 0.6) is 5.75 Å². The van der Waals surface area contributed by atoms with E-state index in [0.29, 0.717) is 29.4 Å². The van der Waals surface area contributed by atoms with Gasteiger partial charge in [0.25, 0.3) is 0 Å². The second-order valence-electron chi connectivity index (χ2n) is 8.32. The minimum Gasteiger partial charge on any atom is -0.507 e. The number of amides is 1. The molecule has 2 saturated heterocycles. The number of phenols is 1. The Morgan fingerprint density at radius 2 is 1.91 bits per heavy atom. The van der Waals surface area contributed by atoms with Gasteiger partial charge in [-0.3, -0.25) is 4.79 Å². The summed E-state index contributed by atoms with van der Waals surface area (Å²) in [6.07, 6.45) is 9.65. The standard InChI is InChI=1S/C18H24N4O.C5H10O.C2H5NO/c1-12(11-22-7-4-8-22)15-10-21-18(20)14(15)9-16(19)13-5-2-3-6-17(13)23;1-2-4-6-5-3-1;1-3-2-4/h2-3,5-6,9-10,12,21,23H,4,7-8,11,19-20H2,1H3;1-5H2;2H,1H3,(H,3,4)/b16-9-;;. The van der Waals surface area contributed by atoms with Crippen LogP contribution in [0.2, 0.25) is 0 Å². The van der Waals surface area contributed by atoms with Crippen molar-refractivity contribution >= 4 is 24.0 Å². The fourth-order valence-electron chi connectivity index (χ4n) is 3.72. The zero-order valence-electron chi connectivity index (χ0n) is 19.8. The Bertz CT molecular complexity index is 861. The van der Waals surface area contributed by atoms with E-state index in [2.05, 4.69) is 22.1 Å². The summed E-state index contributed by atoms with van der Waals surface area (Å²) >= 11 is 0. The third kappa shape index (κ3) is 8.47. The van der Waals surface area contributed by atoms with E-state index in [1.807, 2.05) is 18.3 Å². The molecule has 8 nitrogen and oxygen atoms in total. The summed E-state index contributed by atoms with van der Waals surface area (Å²) in [6.45, 7) is 7.58. The lowest BCUT2D eigenvalue weighted by Gasteiger charge is -2.33. The van der Waals surface area contributed by atoms with E-state index in [1.165, 1.54) is 38.8 Å². The summed E-state index contributed by atoms with van der Waals surface area (Å²) in [5.74, 6) is 1.15. The maximum absolute atomic E-state index is 9.95. The van der Waals surface area contributed by atoms with E-state index in [-0.39, 0.29) is 5.75 Å². The van der Waals surface area contributed by atoms with Gasteiger partial charge >= 0.3 is 0 Å². The zero-order valence-corrected chi connectivity index (χ0v) is 19.8. The first kappa shape index (κ1) is 26.3. The molecule has 4 rings (SSSR count). The van der Waals surface area contributed by atoms with Crippen LogP contribution in [0.1, 0.15) is 55.2 Å². The van der Waals surface area contributed by atoms with Gasteiger partial charge < -0.3 is 36.5 Å². The molecule has 2 aliphatic heterocycles. The number of H-pyrrole nitrogens is 1. The lowest BCUT2D eigenvalue weighted by atomic mass is 9.96. The molecule has 3 heterocycles. The van der Waals surface area contributed by atoms with Gasteiger partial charge in [0.2, 0.25) is 6.41 Å². The molecular weight excluding hydrogens is 418 g/mol. The molecule has 0 radical (unpaired) electrons. The van der Waals surface area contributed by atoms with Crippen molar-refractivity contribution in [3.05, 3.63) is 47.2 Å². The Balaban J connectivity index is 0.000000320. The van der Waals surface area contributed by atoms with Crippen LogP contribution in [0.4, 0.5) is 5.82 Å². The monoisotopic (exact) mass is 457 g/mol. The van der Waals surface area contributed by atoms with Gasteiger partial charge in [-0.1, -0.05) is 19.1 Å². The van der Waals surface area contributed by atoms with Gasteiger partial charge in [-0.05, 0) is 68.5 Å². The van der Waals surface area contributed by atoms with Crippen LogP contribution in [0.25, 0.3) is 11.8 Å². The topological polar surface area (TPSA) is 130 Å². The first-order chi connectivity index (χ1) is 16.0. The number of nitrogens with zero attached hydrogens (tertiary/aromatic N) is 1. The average Bonchev–Trinajstić information content (AvgIpc) is 3.18. The molecule has 2 aliphatic rings. The molecule has 1 amide bonds. The van der Waals surface area contributed by atoms with E-state index in [1.54, 1.807) is 25.2 Å². The molecule has 1 unspecified atom stereocenters. The predicted molar refractivity (Wildman–Crippen MR) is 135 cm³/mol. The number of para-hydroxylation sites is 1. The molecular formula is C25H39N5O3. The van der Waals surface area contributed by atoms with Crippen molar-refractivity contribution in [1.82, 2.24) is 15.2 Å². The van der Waals surface area contributed by atoms with E-state index >= 15 is 0 Å². The predicted octanol–water partition coefficient (Wildman–Crippen LogP) is 3.12. The molecule has 2 aromatic rings. The van der Waals surface area contributed by atoms with Crippen molar-refractivity contribution in [2.24, 2.45) is 5.73 Å². The Hall–Kier alpha value is -2.97. The quantitative estimate of drug-likeness (QED) is 0.424. The number of nitrogen functional groups attached to an aromatic ring is 1. The number of aromatic hydroxyl groups is 1. The summed E-state index contributed by atoms with van der Waals surface area (Å²) in [7, 11) is 1.56. The van der Waals surface area contributed by atoms with E-state index in [9.17, 15) is 5.11 Å². The van der Waals surface area contributed by atoms with Crippen molar-refractivity contribution in [2.75, 3.05) is 45.6 Å². The number of ether oxygens (including phenoxy) is 1. The number of hydrogen-bond acceptors (Lipinski definition) is 6. The summed E-state index contributed by atoms with van der Waals surface area (Å²) in [5.41, 5.74) is 15.5. The van der Waals surface area contributed by atoms with Gasteiger partial charge in [0.05, 0.1) is 0 Å². The first-order valence-corrected chi connectivity index (χ1v) is 11.6. The molecule has 7 N–H and O–H groups in total. The third-order valence-electron chi connectivity index (χ3n) is 5.71. The highest BCUT2D eigenvalue weighted by atomic mass is 16.5. The van der Waals surface area contributed by atoms with Gasteiger partial charge in [-0.25, -0.2) is 0 Å². The number of nitrogens with two attached hydrogens (primary N) is 2. The molecule has 0 aliphatic carbocycles. The highest BCUT2D eigenvalue weighted by Crippen LogP contribution is 2.30. The van der Waals surface area contributed by atoms with Crippen molar-refractivity contribution < 1.29 is 14.6 Å². The number of phenolic OH excluding ortho intramolecular Hbond substituents is 1. The molecule has 1 aromatic heterocycles. The second-order valence-corrected chi connectivity index (χ2v) is 8.32. The molecule has 1 atom stereocenters. The van der Waals surface area contributed by atoms with Crippen molar-refractivity contribution in [3.8, 4) is 5.75 Å². The van der Waals surface area contributed by atoms with E-state index in [4.69, 9.17) is 21.0 Å². The van der Waals surface area contributed by atoms with Gasteiger partial charge in [0, 0.05) is 49.8 Å². The minimum atomic E-state index is 0.172. The Labute approximate surface area is 197 Å². The van der Waals surface area contributed by atoms with E-state index < -0.39 is 0 Å². The average molecular weight is 458 g/mol. The Morgan fingerprint density at radius 1 is 1.24 bits per heavy atom. The molecule has 2 fully saturated rings. The molecule has 0 bridgehead atoms. The molecule has 0 spiro atoms. The largest absolute Gasteiger partial charge is 0.507 e. The number of anilines is 1. The number of carbonyl (C=O) groups excluding carboxylic acids is 1. The number of benzene rings is 1. The summed E-state index contributed by atoms with van der Waals surface area (Å²) in [6, 6.07) is 7.05. The van der Waals surface area contributed by atoms with Gasteiger partial charge in [0.15, 0.2) is 0 Å². The van der Waals surface area contributed by atoms with Crippen molar-refractivity contribution in [1.29, 1.82) is 0 Å². The zero-order chi connectivity index (χ0) is 24.1. The molecule has 1 aromatic carbocycles. The Kier molecular flexibility index (Phi) is 11.3. The Morgan fingerprint density at radius 3 is 2.39 bits per heavy atom. The number of aromatic nitrogens is 1. The second kappa shape index (κ2) is 14.2. The van der Waals surface area contributed by atoms with E-state index in [0.717, 1.165) is 30.9 Å². The molecule has 0 saturated carbocycles. The highest BCUT2D eigenvalue weighted by Gasteiger charge is 2.20. The van der Waals surface area contributed by atoms with Crippen molar-refractivity contribution in [2.45, 2.75) is 38.5 Å². The van der Waals surface area contributed by atoms with Crippen LogP contribution in [0, 0.1) is 0 Å². The van der Waals surface area contributed by atoms with Crippen LogP contribution < -0.4 is 16.8 Å². The maximum atomic E-state index is 9.95. The minimum absolute atomic E-state index is 0.172. The van der Waals surface area contributed by atoms with Crippen LogP contribution in [0.3, 0.4) is 0 Å². The number of carbonyl (C=O) groups is 1. The summed E-state index contributed by atoms with van der Waals surface area (Å²) < 4.78 is 5.07. The van der Waals surface area contributed by atoms with Crippen LogP contribution in [-0.2, 0) is 9.53 Å². The van der Waals surface area contributed by atoms with Crippen LogP contribution in [0.15, 0.2) is 30.5 Å². The molecule has 8 heteroatoms. The fourth-order valence-corrected chi connectivity index (χ4v) is 3.72. The van der Waals surface area contributed by atoms with Gasteiger partial charge in [-0.15, -0.1) is 0 Å². The molecule has 182 valence electrons. The number of aromatic amines is 1. The fraction of sp³-hybridized carbons (Fsp3) is 0.480. The summed E-state index contributed by atoms with van der Waals surface area (Å²) in [4.78, 5) is 14.6. The van der Waals surface area contributed by atoms with Gasteiger partial charge in [0.1, 0.15) is 11.6 Å². The lowest BCUT2D eigenvalue weighted by molar-refractivity contribution is -0.109. The molecule has 33 heavy (non-hydrogen) atoms. The van der Waals surface area contributed by atoms with Crippen LogP contribution >= 0.6 is 0 Å². The first-order valence-electron chi connectivity index (χ1n) is 11.6. The lowest BCUT2D eigenvalue weighted by Crippen LogP contribution is -2.39.